The predicted octanol–water partition coefficient (Wildman–Crippen LogP) is 2.81. The quantitative estimate of drug-likeness (QED) is 0.833. The first-order valence-corrected chi connectivity index (χ1v) is 6.19. The summed E-state index contributed by atoms with van der Waals surface area (Å²) in [6, 6.07) is 8.29. The molecule has 82 valence electrons. The fourth-order valence-corrected chi connectivity index (χ4v) is 3.11. The molecule has 1 atom stereocenters. The highest BCUT2D eigenvalue weighted by molar-refractivity contribution is 7.99. The van der Waals surface area contributed by atoms with Crippen molar-refractivity contribution in [1.82, 2.24) is 5.32 Å². The van der Waals surface area contributed by atoms with Crippen molar-refractivity contribution in [3.05, 3.63) is 29.8 Å². The Balaban J connectivity index is 2.11. The highest BCUT2D eigenvalue weighted by Crippen LogP contribution is 2.37. The topological polar surface area (TPSA) is 21.3 Å². The number of thioether (sulfide) groups is 1. The van der Waals surface area contributed by atoms with Gasteiger partial charge in [-0.05, 0) is 31.5 Å². The Morgan fingerprint density at radius 1 is 1.33 bits per heavy atom. The molecule has 2 rings (SSSR count). The summed E-state index contributed by atoms with van der Waals surface area (Å²) in [5.41, 5.74) is 1.57. The minimum atomic E-state index is 0.245. The Hall–Kier alpha value is -0.670. The molecule has 0 aromatic heterocycles. The standard InChI is InChI=1S/C12H17NOS/c1-12(2)8-15-11(13-12)9-4-6-10(14-3)7-5-9/h4-7,11,13H,8H2,1-3H3. The molecule has 1 saturated heterocycles. The summed E-state index contributed by atoms with van der Waals surface area (Å²) in [6.45, 7) is 4.48. The van der Waals surface area contributed by atoms with Crippen LogP contribution in [0.1, 0.15) is 24.8 Å². The molecule has 0 aliphatic carbocycles. The van der Waals surface area contributed by atoms with Gasteiger partial charge in [-0.25, -0.2) is 0 Å². The van der Waals surface area contributed by atoms with Crippen molar-refractivity contribution in [2.75, 3.05) is 12.9 Å². The van der Waals surface area contributed by atoms with E-state index in [-0.39, 0.29) is 5.54 Å². The number of hydrogen-bond donors (Lipinski definition) is 1. The number of rotatable bonds is 2. The van der Waals surface area contributed by atoms with Gasteiger partial charge in [0.05, 0.1) is 12.5 Å². The lowest BCUT2D eigenvalue weighted by atomic mass is 10.1. The number of nitrogens with one attached hydrogen (secondary N) is 1. The van der Waals surface area contributed by atoms with Gasteiger partial charge >= 0.3 is 0 Å². The lowest BCUT2D eigenvalue weighted by Crippen LogP contribution is -2.35. The molecule has 1 unspecified atom stereocenters. The van der Waals surface area contributed by atoms with Gasteiger partial charge in [0.2, 0.25) is 0 Å². The van der Waals surface area contributed by atoms with Gasteiger partial charge in [-0.2, -0.15) is 0 Å². The van der Waals surface area contributed by atoms with Crippen LogP contribution >= 0.6 is 11.8 Å². The summed E-state index contributed by atoms with van der Waals surface area (Å²) in [7, 11) is 1.70. The molecule has 1 aromatic carbocycles. The molecular weight excluding hydrogens is 206 g/mol. The van der Waals surface area contributed by atoms with Gasteiger partial charge in [0.1, 0.15) is 5.75 Å². The van der Waals surface area contributed by atoms with Crippen LogP contribution in [-0.4, -0.2) is 18.4 Å². The van der Waals surface area contributed by atoms with E-state index in [1.165, 1.54) is 5.56 Å². The van der Waals surface area contributed by atoms with E-state index in [4.69, 9.17) is 4.74 Å². The van der Waals surface area contributed by atoms with Gasteiger partial charge in [-0.15, -0.1) is 11.8 Å². The number of methoxy groups -OCH3 is 1. The third-order valence-electron chi connectivity index (χ3n) is 2.55. The summed E-state index contributed by atoms with van der Waals surface area (Å²) in [5.74, 6) is 2.07. The fraction of sp³-hybridized carbons (Fsp3) is 0.500. The first-order valence-electron chi connectivity index (χ1n) is 5.14. The maximum absolute atomic E-state index is 5.15. The molecule has 0 bridgehead atoms. The predicted molar refractivity (Wildman–Crippen MR) is 65.4 cm³/mol. The number of ether oxygens (including phenoxy) is 1. The van der Waals surface area contributed by atoms with E-state index >= 15 is 0 Å². The molecule has 1 fully saturated rings. The molecule has 1 aliphatic rings. The van der Waals surface area contributed by atoms with E-state index in [1.807, 2.05) is 23.9 Å². The second-order valence-electron chi connectivity index (χ2n) is 4.49. The largest absolute Gasteiger partial charge is 0.497 e. The first-order chi connectivity index (χ1) is 7.11. The molecule has 1 heterocycles. The molecule has 0 spiro atoms. The zero-order chi connectivity index (χ0) is 10.9. The van der Waals surface area contributed by atoms with E-state index in [2.05, 4.69) is 31.3 Å². The van der Waals surface area contributed by atoms with E-state index in [9.17, 15) is 0 Å². The lowest BCUT2D eigenvalue weighted by Gasteiger charge is -2.19. The molecule has 1 aliphatic heterocycles. The van der Waals surface area contributed by atoms with Gasteiger partial charge < -0.3 is 4.74 Å². The summed E-state index contributed by atoms with van der Waals surface area (Å²) >= 11 is 1.96. The summed E-state index contributed by atoms with van der Waals surface area (Å²) < 4.78 is 5.15. The van der Waals surface area contributed by atoms with Crippen LogP contribution in [0.5, 0.6) is 5.75 Å². The zero-order valence-corrected chi connectivity index (χ0v) is 10.2. The van der Waals surface area contributed by atoms with Gasteiger partial charge in [0, 0.05) is 11.3 Å². The minimum absolute atomic E-state index is 0.245. The second-order valence-corrected chi connectivity index (χ2v) is 5.59. The van der Waals surface area contributed by atoms with E-state index in [0.29, 0.717) is 5.37 Å². The highest BCUT2D eigenvalue weighted by Gasteiger charge is 2.31. The Labute approximate surface area is 95.4 Å². The van der Waals surface area contributed by atoms with Crippen molar-refractivity contribution >= 4 is 11.8 Å². The van der Waals surface area contributed by atoms with Crippen molar-refractivity contribution < 1.29 is 4.74 Å². The Kier molecular flexibility index (Phi) is 2.94. The first kappa shape index (κ1) is 10.8. The molecule has 3 heteroatoms. The van der Waals surface area contributed by atoms with Gasteiger partial charge in [-0.1, -0.05) is 12.1 Å². The average Bonchev–Trinajstić information content (AvgIpc) is 2.59. The Bertz CT molecular complexity index is 334. The van der Waals surface area contributed by atoms with E-state index in [1.54, 1.807) is 7.11 Å². The van der Waals surface area contributed by atoms with Crippen LogP contribution in [0.15, 0.2) is 24.3 Å². The van der Waals surface area contributed by atoms with Crippen LogP contribution in [-0.2, 0) is 0 Å². The third kappa shape index (κ3) is 2.47. The minimum Gasteiger partial charge on any atom is -0.497 e. The maximum atomic E-state index is 5.15. The average molecular weight is 223 g/mol. The van der Waals surface area contributed by atoms with Crippen molar-refractivity contribution in [3.63, 3.8) is 0 Å². The molecule has 0 amide bonds. The van der Waals surface area contributed by atoms with Crippen molar-refractivity contribution in [2.24, 2.45) is 0 Å². The monoisotopic (exact) mass is 223 g/mol. The number of hydrogen-bond acceptors (Lipinski definition) is 3. The molecule has 1 aromatic rings. The molecule has 0 radical (unpaired) electrons. The molecule has 1 N–H and O–H groups in total. The summed E-state index contributed by atoms with van der Waals surface area (Å²) in [5, 5.41) is 4.03. The fourth-order valence-electron chi connectivity index (χ4n) is 1.69. The van der Waals surface area contributed by atoms with Crippen LogP contribution in [0.3, 0.4) is 0 Å². The molecular formula is C12H17NOS. The molecule has 0 saturated carbocycles. The summed E-state index contributed by atoms with van der Waals surface area (Å²) in [6.07, 6.45) is 0. The lowest BCUT2D eigenvalue weighted by molar-refractivity contribution is 0.414. The van der Waals surface area contributed by atoms with Crippen LogP contribution in [0.4, 0.5) is 0 Å². The van der Waals surface area contributed by atoms with E-state index < -0.39 is 0 Å². The SMILES string of the molecule is COc1ccc(C2NC(C)(C)CS2)cc1. The van der Waals surface area contributed by atoms with E-state index in [0.717, 1.165) is 11.5 Å². The Morgan fingerprint density at radius 3 is 2.47 bits per heavy atom. The van der Waals surface area contributed by atoms with Gasteiger partial charge in [0.15, 0.2) is 0 Å². The molecule has 2 nitrogen and oxygen atoms in total. The van der Waals surface area contributed by atoms with Crippen LogP contribution in [0.2, 0.25) is 0 Å². The normalized spacial score (nSPS) is 24.1. The second kappa shape index (κ2) is 4.06. The Morgan fingerprint density at radius 2 is 2.00 bits per heavy atom. The maximum Gasteiger partial charge on any atom is 0.118 e. The summed E-state index contributed by atoms with van der Waals surface area (Å²) in [4.78, 5) is 0. The smallest absolute Gasteiger partial charge is 0.118 e. The van der Waals surface area contributed by atoms with Crippen LogP contribution < -0.4 is 10.1 Å². The van der Waals surface area contributed by atoms with Crippen molar-refractivity contribution in [3.8, 4) is 5.75 Å². The van der Waals surface area contributed by atoms with Crippen molar-refractivity contribution in [2.45, 2.75) is 24.8 Å². The van der Waals surface area contributed by atoms with Gasteiger partial charge in [-0.3, -0.25) is 5.32 Å². The third-order valence-corrected chi connectivity index (χ3v) is 4.16. The van der Waals surface area contributed by atoms with Crippen molar-refractivity contribution in [1.29, 1.82) is 0 Å². The number of benzene rings is 1. The highest BCUT2D eigenvalue weighted by atomic mass is 32.2. The zero-order valence-electron chi connectivity index (χ0n) is 9.41. The van der Waals surface area contributed by atoms with Crippen LogP contribution in [0.25, 0.3) is 0 Å². The van der Waals surface area contributed by atoms with Gasteiger partial charge in [0.25, 0.3) is 0 Å². The van der Waals surface area contributed by atoms with Crippen LogP contribution in [0, 0.1) is 0 Å². The molecule has 15 heavy (non-hydrogen) atoms.